The van der Waals surface area contributed by atoms with E-state index in [2.05, 4.69) is 17.6 Å². The summed E-state index contributed by atoms with van der Waals surface area (Å²) in [5.41, 5.74) is 0.0931. The van der Waals surface area contributed by atoms with Gasteiger partial charge in [-0.2, -0.15) is 0 Å². The number of nitro groups is 1. The van der Waals surface area contributed by atoms with Gasteiger partial charge in [-0.1, -0.05) is 19.8 Å². The third-order valence-corrected chi connectivity index (χ3v) is 4.91. The van der Waals surface area contributed by atoms with Gasteiger partial charge in [0.1, 0.15) is 0 Å². The van der Waals surface area contributed by atoms with E-state index >= 15 is 0 Å². The lowest BCUT2D eigenvalue weighted by molar-refractivity contribution is -0.384. The fourth-order valence-corrected chi connectivity index (χ4v) is 3.30. The molecule has 0 radical (unpaired) electrons. The molecule has 0 spiro atoms. The largest absolute Gasteiger partial charge is 0.452 e. The number of carbonyl (C=O) groups excluding carboxylic acids is 3. The average Bonchev–Trinajstić information content (AvgIpc) is 2.67. The highest BCUT2D eigenvalue weighted by Crippen LogP contribution is 2.25. The van der Waals surface area contributed by atoms with Crippen LogP contribution in [0.2, 0.25) is 0 Å². The van der Waals surface area contributed by atoms with Crippen molar-refractivity contribution >= 4 is 29.3 Å². The van der Waals surface area contributed by atoms with Crippen molar-refractivity contribution in [1.29, 1.82) is 0 Å². The molecule has 2 atom stereocenters. The standard InChI is InChI=1S/C19H26N4O6/c1-12-6-4-5-7-15(12)20-19(26)21-17(24)11-29-18(25)14-10-13(23(27)28)8-9-16(14)22(2)3/h8-10,12,15H,4-7,11H2,1-3H3,(H2,20,21,24,26)/t12-,15-/m0/s1. The van der Waals surface area contributed by atoms with Crippen LogP contribution < -0.4 is 15.5 Å². The normalized spacial score (nSPS) is 18.4. The number of ether oxygens (including phenoxy) is 1. The SMILES string of the molecule is C[C@H]1CCCC[C@@H]1NC(=O)NC(=O)COC(=O)c1cc([N+](=O)[O-])ccc1N(C)C. The molecule has 158 valence electrons. The molecule has 0 aromatic heterocycles. The molecule has 1 aliphatic carbocycles. The summed E-state index contributed by atoms with van der Waals surface area (Å²) in [4.78, 5) is 48.2. The van der Waals surface area contributed by atoms with Crippen LogP contribution in [0.25, 0.3) is 0 Å². The number of nitrogens with one attached hydrogen (secondary N) is 2. The van der Waals surface area contributed by atoms with E-state index in [1.807, 2.05) is 0 Å². The predicted octanol–water partition coefficient (Wildman–Crippen LogP) is 2.22. The van der Waals surface area contributed by atoms with Gasteiger partial charge in [-0.15, -0.1) is 0 Å². The minimum absolute atomic E-state index is 0.00613. The van der Waals surface area contributed by atoms with E-state index in [0.29, 0.717) is 11.6 Å². The van der Waals surface area contributed by atoms with Crippen molar-refractivity contribution in [1.82, 2.24) is 10.6 Å². The number of non-ortho nitro benzene ring substituents is 1. The number of hydrogen-bond donors (Lipinski definition) is 2. The summed E-state index contributed by atoms with van der Waals surface area (Å²) >= 11 is 0. The van der Waals surface area contributed by atoms with E-state index in [-0.39, 0.29) is 17.3 Å². The minimum atomic E-state index is -0.895. The van der Waals surface area contributed by atoms with Crippen molar-refractivity contribution in [3.05, 3.63) is 33.9 Å². The Balaban J connectivity index is 1.92. The number of benzene rings is 1. The Labute approximate surface area is 168 Å². The number of imide groups is 1. The van der Waals surface area contributed by atoms with Crippen molar-refractivity contribution in [3.63, 3.8) is 0 Å². The fourth-order valence-electron chi connectivity index (χ4n) is 3.30. The zero-order valence-corrected chi connectivity index (χ0v) is 16.8. The Kier molecular flexibility index (Phi) is 7.52. The molecule has 0 bridgehead atoms. The summed E-state index contributed by atoms with van der Waals surface area (Å²) in [5, 5.41) is 15.9. The first-order valence-corrected chi connectivity index (χ1v) is 9.42. The second kappa shape index (κ2) is 9.85. The highest BCUT2D eigenvalue weighted by molar-refractivity contribution is 5.99. The number of carbonyl (C=O) groups is 3. The van der Waals surface area contributed by atoms with Gasteiger partial charge < -0.3 is 15.0 Å². The number of nitro benzene ring substituents is 1. The lowest BCUT2D eigenvalue weighted by Gasteiger charge is -2.29. The van der Waals surface area contributed by atoms with Gasteiger partial charge in [-0.25, -0.2) is 9.59 Å². The molecule has 29 heavy (non-hydrogen) atoms. The number of nitrogens with zero attached hydrogens (tertiary/aromatic N) is 2. The maximum absolute atomic E-state index is 12.3. The quantitative estimate of drug-likeness (QED) is 0.421. The summed E-state index contributed by atoms with van der Waals surface area (Å²) in [6.07, 6.45) is 4.03. The van der Waals surface area contributed by atoms with E-state index < -0.39 is 29.4 Å². The third-order valence-electron chi connectivity index (χ3n) is 4.91. The lowest BCUT2D eigenvalue weighted by Crippen LogP contribution is -2.48. The average molecular weight is 406 g/mol. The third kappa shape index (κ3) is 6.16. The molecule has 1 aliphatic rings. The zero-order valence-electron chi connectivity index (χ0n) is 16.8. The van der Waals surface area contributed by atoms with E-state index in [0.717, 1.165) is 31.7 Å². The summed E-state index contributed by atoms with van der Waals surface area (Å²) in [5.74, 6) is -1.34. The van der Waals surface area contributed by atoms with Crippen LogP contribution >= 0.6 is 0 Å². The summed E-state index contributed by atoms with van der Waals surface area (Å²) < 4.78 is 4.95. The lowest BCUT2D eigenvalue weighted by atomic mass is 9.86. The minimum Gasteiger partial charge on any atom is -0.452 e. The van der Waals surface area contributed by atoms with Gasteiger partial charge in [0, 0.05) is 32.3 Å². The van der Waals surface area contributed by atoms with Crippen LogP contribution in [0.4, 0.5) is 16.2 Å². The maximum Gasteiger partial charge on any atom is 0.341 e. The summed E-state index contributed by atoms with van der Waals surface area (Å²) in [6, 6.07) is 3.16. The van der Waals surface area contributed by atoms with Crippen LogP contribution in [0, 0.1) is 16.0 Å². The van der Waals surface area contributed by atoms with Gasteiger partial charge in [-0.05, 0) is 24.8 Å². The molecule has 2 rings (SSSR count). The van der Waals surface area contributed by atoms with Crippen LogP contribution in [-0.2, 0) is 9.53 Å². The van der Waals surface area contributed by atoms with Crippen molar-refractivity contribution in [2.45, 2.75) is 38.6 Å². The molecule has 0 unspecified atom stereocenters. The topological polar surface area (TPSA) is 131 Å². The highest BCUT2D eigenvalue weighted by Gasteiger charge is 2.24. The second-order valence-corrected chi connectivity index (χ2v) is 7.32. The van der Waals surface area contributed by atoms with Gasteiger partial charge in [0.2, 0.25) is 0 Å². The Morgan fingerprint density at radius 1 is 1.24 bits per heavy atom. The molecule has 1 saturated carbocycles. The van der Waals surface area contributed by atoms with Gasteiger partial charge in [0.05, 0.1) is 16.2 Å². The number of hydrogen-bond acceptors (Lipinski definition) is 7. The second-order valence-electron chi connectivity index (χ2n) is 7.32. The number of urea groups is 1. The highest BCUT2D eigenvalue weighted by atomic mass is 16.6. The first-order valence-electron chi connectivity index (χ1n) is 9.42. The van der Waals surface area contributed by atoms with Gasteiger partial charge in [0.15, 0.2) is 6.61 Å². The monoisotopic (exact) mass is 406 g/mol. The fraction of sp³-hybridized carbons (Fsp3) is 0.526. The van der Waals surface area contributed by atoms with E-state index in [1.165, 1.54) is 12.1 Å². The summed E-state index contributed by atoms with van der Waals surface area (Å²) in [6.45, 7) is 1.37. The molecule has 10 heteroatoms. The number of amides is 3. The Bertz CT molecular complexity index is 795. The maximum atomic E-state index is 12.3. The van der Waals surface area contributed by atoms with E-state index in [4.69, 9.17) is 4.74 Å². The molecular formula is C19H26N4O6. The zero-order chi connectivity index (χ0) is 21.6. The van der Waals surface area contributed by atoms with Crippen molar-refractivity contribution in [2.24, 2.45) is 5.92 Å². The molecule has 1 aromatic rings. The van der Waals surface area contributed by atoms with E-state index in [9.17, 15) is 24.5 Å². The first kappa shape index (κ1) is 22.1. The van der Waals surface area contributed by atoms with E-state index in [1.54, 1.807) is 19.0 Å². The number of esters is 1. The molecule has 1 fully saturated rings. The molecule has 1 aromatic carbocycles. The van der Waals surface area contributed by atoms with Crippen LogP contribution in [0.1, 0.15) is 43.0 Å². The van der Waals surface area contributed by atoms with Crippen LogP contribution in [0.5, 0.6) is 0 Å². The Morgan fingerprint density at radius 2 is 1.93 bits per heavy atom. The summed E-state index contributed by atoms with van der Waals surface area (Å²) in [7, 11) is 3.34. The van der Waals surface area contributed by atoms with Crippen LogP contribution in [0.3, 0.4) is 0 Å². The predicted molar refractivity (Wildman–Crippen MR) is 106 cm³/mol. The number of rotatable bonds is 6. The van der Waals surface area contributed by atoms with Gasteiger partial charge in [-0.3, -0.25) is 20.2 Å². The first-order chi connectivity index (χ1) is 13.7. The smallest absolute Gasteiger partial charge is 0.341 e. The van der Waals surface area contributed by atoms with Crippen LogP contribution in [0.15, 0.2) is 18.2 Å². The van der Waals surface area contributed by atoms with Crippen molar-refractivity contribution in [2.75, 3.05) is 25.6 Å². The Hall–Kier alpha value is -3.17. The molecule has 0 heterocycles. The molecule has 2 N–H and O–H groups in total. The molecule has 0 aliphatic heterocycles. The van der Waals surface area contributed by atoms with Crippen molar-refractivity contribution in [3.8, 4) is 0 Å². The van der Waals surface area contributed by atoms with Gasteiger partial charge in [0.25, 0.3) is 11.6 Å². The molecule has 0 saturated heterocycles. The molecular weight excluding hydrogens is 380 g/mol. The van der Waals surface area contributed by atoms with Crippen molar-refractivity contribution < 1.29 is 24.0 Å². The number of anilines is 1. The van der Waals surface area contributed by atoms with Crippen LogP contribution in [-0.4, -0.2) is 49.6 Å². The molecule has 10 nitrogen and oxygen atoms in total. The van der Waals surface area contributed by atoms with Gasteiger partial charge >= 0.3 is 12.0 Å². The Morgan fingerprint density at radius 3 is 2.55 bits per heavy atom. The molecule has 3 amide bonds.